The second-order valence-corrected chi connectivity index (χ2v) is 3.08. The van der Waals surface area contributed by atoms with Crippen LogP contribution in [-0.2, 0) is 0 Å². The van der Waals surface area contributed by atoms with Gasteiger partial charge in [-0.25, -0.2) is 0 Å². The highest BCUT2D eigenvalue weighted by Crippen LogP contribution is 2.24. The predicted octanol–water partition coefficient (Wildman–Crippen LogP) is 2.65. The topological polar surface area (TPSA) is 82.3 Å². The van der Waals surface area contributed by atoms with Crippen molar-refractivity contribution in [1.82, 2.24) is 5.16 Å². The molecule has 0 saturated heterocycles. The van der Waals surface area contributed by atoms with Gasteiger partial charge in [0.05, 0.1) is 11.2 Å². The summed E-state index contributed by atoms with van der Waals surface area (Å²) in [5.41, 5.74) is 0.0571. The Morgan fingerprint density at radius 1 is 1.50 bits per heavy atom. The molecule has 0 fully saturated rings. The summed E-state index contributed by atoms with van der Waals surface area (Å²) in [6.07, 6.45) is 4.58. The van der Waals surface area contributed by atoms with Crippen molar-refractivity contribution < 1.29 is 13.9 Å². The zero-order chi connectivity index (χ0) is 11.5. The highest BCUT2D eigenvalue weighted by Gasteiger charge is 2.21. The highest BCUT2D eigenvalue weighted by molar-refractivity contribution is 5.70. The van der Waals surface area contributed by atoms with Crippen molar-refractivity contribution in [1.29, 1.82) is 0 Å². The Morgan fingerprint density at radius 2 is 2.31 bits per heavy atom. The van der Waals surface area contributed by atoms with E-state index in [1.165, 1.54) is 19.3 Å². The SMILES string of the molecule is Cc1onc(C=Cc2ccco2)c1[N+](=O)[O-]. The Bertz CT molecular complexity index is 525. The minimum absolute atomic E-state index is 0.122. The quantitative estimate of drug-likeness (QED) is 0.586. The van der Waals surface area contributed by atoms with Gasteiger partial charge in [-0.3, -0.25) is 10.1 Å². The standard InChI is InChI=1S/C10H8N2O4/c1-7-10(12(13)14)9(11-16-7)5-4-8-3-2-6-15-8/h2-6H,1H3. The summed E-state index contributed by atoms with van der Waals surface area (Å²) in [5.74, 6) is 0.777. The van der Waals surface area contributed by atoms with Gasteiger partial charge in [-0.05, 0) is 24.3 Å². The summed E-state index contributed by atoms with van der Waals surface area (Å²) < 4.78 is 9.80. The van der Waals surface area contributed by atoms with E-state index in [-0.39, 0.29) is 17.1 Å². The molecule has 6 heteroatoms. The zero-order valence-corrected chi connectivity index (χ0v) is 8.41. The Morgan fingerprint density at radius 3 is 2.94 bits per heavy atom. The molecule has 2 heterocycles. The second kappa shape index (κ2) is 4.01. The van der Waals surface area contributed by atoms with Gasteiger partial charge in [-0.2, -0.15) is 0 Å². The third-order valence-corrected chi connectivity index (χ3v) is 1.99. The van der Waals surface area contributed by atoms with E-state index in [2.05, 4.69) is 5.16 Å². The summed E-state index contributed by atoms with van der Waals surface area (Å²) >= 11 is 0. The van der Waals surface area contributed by atoms with Crippen molar-refractivity contribution in [2.24, 2.45) is 0 Å². The van der Waals surface area contributed by atoms with Crippen LogP contribution in [0.2, 0.25) is 0 Å². The lowest BCUT2D eigenvalue weighted by Gasteiger charge is -1.86. The second-order valence-electron chi connectivity index (χ2n) is 3.08. The first kappa shape index (κ1) is 10.2. The molecular weight excluding hydrogens is 212 g/mol. The largest absolute Gasteiger partial charge is 0.465 e. The lowest BCUT2D eigenvalue weighted by molar-refractivity contribution is -0.386. The summed E-state index contributed by atoms with van der Waals surface area (Å²) in [4.78, 5) is 10.2. The van der Waals surface area contributed by atoms with Gasteiger partial charge in [-0.15, -0.1) is 0 Å². The van der Waals surface area contributed by atoms with Crippen LogP contribution in [-0.4, -0.2) is 10.1 Å². The minimum Gasteiger partial charge on any atom is -0.465 e. The van der Waals surface area contributed by atoms with Crippen molar-refractivity contribution in [2.45, 2.75) is 6.92 Å². The van der Waals surface area contributed by atoms with Gasteiger partial charge in [0.2, 0.25) is 5.76 Å². The van der Waals surface area contributed by atoms with Crippen LogP contribution in [0.1, 0.15) is 17.2 Å². The molecule has 2 aromatic heterocycles. The molecule has 6 nitrogen and oxygen atoms in total. The molecule has 16 heavy (non-hydrogen) atoms. The highest BCUT2D eigenvalue weighted by atomic mass is 16.6. The van der Waals surface area contributed by atoms with Crippen LogP contribution in [0, 0.1) is 17.0 Å². The molecule has 0 N–H and O–H groups in total. The van der Waals surface area contributed by atoms with Crippen LogP contribution in [0.3, 0.4) is 0 Å². The number of nitro groups is 1. The number of aromatic nitrogens is 1. The van der Waals surface area contributed by atoms with Crippen LogP contribution in [0.25, 0.3) is 12.2 Å². The molecular formula is C10H8N2O4. The van der Waals surface area contributed by atoms with Crippen LogP contribution in [0.5, 0.6) is 0 Å². The molecule has 0 spiro atoms. The van der Waals surface area contributed by atoms with E-state index >= 15 is 0 Å². The van der Waals surface area contributed by atoms with E-state index in [1.54, 1.807) is 18.2 Å². The maximum Gasteiger partial charge on any atom is 0.338 e. The van der Waals surface area contributed by atoms with Gasteiger partial charge in [0.25, 0.3) is 0 Å². The van der Waals surface area contributed by atoms with E-state index in [0.29, 0.717) is 5.76 Å². The molecule has 0 atom stereocenters. The maximum atomic E-state index is 10.7. The van der Waals surface area contributed by atoms with Crippen molar-refractivity contribution in [2.75, 3.05) is 0 Å². The summed E-state index contributed by atoms with van der Waals surface area (Å²) in [6, 6.07) is 3.46. The van der Waals surface area contributed by atoms with Crippen LogP contribution in [0.15, 0.2) is 27.3 Å². The fourth-order valence-corrected chi connectivity index (χ4v) is 1.26. The molecule has 0 aromatic carbocycles. The molecule has 0 bridgehead atoms. The Hall–Kier alpha value is -2.37. The minimum atomic E-state index is -0.520. The third-order valence-electron chi connectivity index (χ3n) is 1.99. The van der Waals surface area contributed by atoms with Gasteiger partial charge in [0.1, 0.15) is 5.76 Å². The normalized spacial score (nSPS) is 11.1. The van der Waals surface area contributed by atoms with Crippen LogP contribution >= 0.6 is 0 Å². The maximum absolute atomic E-state index is 10.7. The lowest BCUT2D eigenvalue weighted by Crippen LogP contribution is -1.90. The number of rotatable bonds is 3. The van der Waals surface area contributed by atoms with Gasteiger partial charge < -0.3 is 8.94 Å². The van der Waals surface area contributed by atoms with E-state index in [1.807, 2.05) is 0 Å². The first-order chi connectivity index (χ1) is 7.68. The average molecular weight is 220 g/mol. The van der Waals surface area contributed by atoms with Crippen LogP contribution in [0.4, 0.5) is 5.69 Å². The summed E-state index contributed by atoms with van der Waals surface area (Å²) in [5, 5.41) is 14.3. The molecule has 0 unspecified atom stereocenters. The Balaban J connectivity index is 2.32. The predicted molar refractivity (Wildman–Crippen MR) is 55.5 cm³/mol. The van der Waals surface area contributed by atoms with Crippen LogP contribution < -0.4 is 0 Å². The zero-order valence-electron chi connectivity index (χ0n) is 8.41. The molecule has 0 aliphatic heterocycles. The number of aryl methyl sites for hydroxylation is 1. The van der Waals surface area contributed by atoms with Crippen molar-refractivity contribution >= 4 is 17.8 Å². The Kier molecular flexibility index (Phi) is 2.55. The molecule has 0 aliphatic carbocycles. The summed E-state index contributed by atoms with van der Waals surface area (Å²) in [6.45, 7) is 1.50. The van der Waals surface area contributed by atoms with Gasteiger partial charge in [0.15, 0.2) is 5.69 Å². The van der Waals surface area contributed by atoms with Crippen molar-refractivity contribution in [3.63, 3.8) is 0 Å². The first-order valence-corrected chi connectivity index (χ1v) is 4.50. The van der Waals surface area contributed by atoms with E-state index < -0.39 is 4.92 Å². The lowest BCUT2D eigenvalue weighted by atomic mass is 10.3. The fraction of sp³-hybridized carbons (Fsp3) is 0.100. The molecule has 2 rings (SSSR count). The van der Waals surface area contributed by atoms with E-state index in [9.17, 15) is 10.1 Å². The van der Waals surface area contributed by atoms with E-state index in [4.69, 9.17) is 8.94 Å². The third kappa shape index (κ3) is 1.85. The number of nitrogens with zero attached hydrogens (tertiary/aromatic N) is 2. The molecule has 0 aliphatic rings. The van der Waals surface area contributed by atoms with Gasteiger partial charge in [0, 0.05) is 6.92 Å². The number of furan rings is 1. The van der Waals surface area contributed by atoms with Gasteiger partial charge >= 0.3 is 5.69 Å². The van der Waals surface area contributed by atoms with Gasteiger partial charge in [-0.1, -0.05) is 5.16 Å². The molecule has 82 valence electrons. The smallest absolute Gasteiger partial charge is 0.338 e. The first-order valence-electron chi connectivity index (χ1n) is 4.50. The molecule has 0 radical (unpaired) electrons. The number of hydrogen-bond donors (Lipinski definition) is 0. The van der Waals surface area contributed by atoms with Crippen molar-refractivity contribution in [3.05, 3.63) is 45.7 Å². The number of hydrogen-bond acceptors (Lipinski definition) is 5. The van der Waals surface area contributed by atoms with Crippen molar-refractivity contribution in [3.8, 4) is 0 Å². The molecule has 0 saturated carbocycles. The average Bonchev–Trinajstić information content (AvgIpc) is 2.83. The fourth-order valence-electron chi connectivity index (χ4n) is 1.26. The molecule has 0 amide bonds. The molecule has 2 aromatic rings. The Labute approximate surface area is 90.3 Å². The summed E-state index contributed by atoms with van der Waals surface area (Å²) in [7, 11) is 0. The van der Waals surface area contributed by atoms with E-state index in [0.717, 1.165) is 0 Å². The monoisotopic (exact) mass is 220 g/mol.